The Morgan fingerprint density at radius 2 is 1.83 bits per heavy atom. The van der Waals surface area contributed by atoms with E-state index in [0.29, 0.717) is 5.69 Å². The fourth-order valence-electron chi connectivity index (χ4n) is 1.46. The highest BCUT2D eigenvalue weighted by Gasteiger charge is 2.27. The van der Waals surface area contributed by atoms with Gasteiger partial charge in [0.1, 0.15) is 0 Å². The zero-order valence-electron chi connectivity index (χ0n) is 11.2. The Hall–Kier alpha value is -1.92. The zero-order chi connectivity index (χ0) is 13.9. The molecule has 0 unspecified atom stereocenters. The summed E-state index contributed by atoms with van der Waals surface area (Å²) >= 11 is 0. The second kappa shape index (κ2) is 5.16. The topological polar surface area (TPSA) is 83.3 Å². The Morgan fingerprint density at radius 3 is 2.28 bits per heavy atom. The summed E-state index contributed by atoms with van der Waals surface area (Å²) < 4.78 is 10.7. The summed E-state index contributed by atoms with van der Waals surface area (Å²) in [4.78, 5) is 22.9. The number of nitrogens with zero attached hydrogens (tertiary/aromatic N) is 3. The minimum Gasteiger partial charge on any atom is -0.469 e. The number of ether oxygens (including phenoxy) is 2. The molecule has 0 saturated carbocycles. The fraction of sp³-hybridized carbons (Fsp3) is 0.636. The van der Waals surface area contributed by atoms with E-state index in [1.165, 1.54) is 18.9 Å². The number of hydrogen-bond acceptors (Lipinski definition) is 6. The molecule has 0 aliphatic rings. The van der Waals surface area contributed by atoms with Gasteiger partial charge in [-0.2, -0.15) is 0 Å². The van der Waals surface area contributed by atoms with Crippen LogP contribution in [0.15, 0.2) is 0 Å². The minimum absolute atomic E-state index is 0.0397. The van der Waals surface area contributed by atoms with Crippen LogP contribution in [0.2, 0.25) is 0 Å². The van der Waals surface area contributed by atoms with Gasteiger partial charge < -0.3 is 9.47 Å². The van der Waals surface area contributed by atoms with Crippen LogP contribution in [-0.2, 0) is 26.2 Å². The molecule has 0 aliphatic heterocycles. The molecule has 18 heavy (non-hydrogen) atoms. The maximum atomic E-state index is 11.6. The van der Waals surface area contributed by atoms with E-state index in [1.54, 1.807) is 0 Å². The molecule has 7 nitrogen and oxygen atoms in total. The summed E-state index contributed by atoms with van der Waals surface area (Å²) in [5, 5.41) is 7.67. The first-order valence-electron chi connectivity index (χ1n) is 5.41. The molecule has 1 aromatic heterocycles. The smallest absolute Gasteiger partial charge is 0.360 e. The standard InChI is InChI=1S/C11H17N3O4/c1-11(2,3)14-7(6-8(15)17-4)9(12-13-14)10(16)18-5/h6H2,1-5H3. The Balaban J connectivity index is 3.26. The first kappa shape index (κ1) is 14.1. The van der Waals surface area contributed by atoms with E-state index in [1.807, 2.05) is 20.8 Å². The number of carbonyl (C=O) groups excluding carboxylic acids is 2. The first-order valence-corrected chi connectivity index (χ1v) is 5.41. The van der Waals surface area contributed by atoms with Crippen LogP contribution in [0.3, 0.4) is 0 Å². The second-order valence-corrected chi connectivity index (χ2v) is 4.71. The van der Waals surface area contributed by atoms with Crippen molar-refractivity contribution >= 4 is 11.9 Å². The molecule has 0 amide bonds. The normalized spacial score (nSPS) is 11.2. The van der Waals surface area contributed by atoms with Crippen molar-refractivity contribution in [2.24, 2.45) is 0 Å². The number of methoxy groups -OCH3 is 2. The third kappa shape index (κ3) is 2.85. The van der Waals surface area contributed by atoms with Gasteiger partial charge in [0.2, 0.25) is 0 Å². The van der Waals surface area contributed by atoms with Gasteiger partial charge in [-0.3, -0.25) is 4.79 Å². The van der Waals surface area contributed by atoms with E-state index in [9.17, 15) is 9.59 Å². The van der Waals surface area contributed by atoms with Gasteiger partial charge in [0.25, 0.3) is 0 Å². The third-order valence-electron chi connectivity index (χ3n) is 2.32. The molecule has 1 rings (SSSR count). The fourth-order valence-corrected chi connectivity index (χ4v) is 1.46. The number of rotatable bonds is 3. The number of esters is 2. The molecule has 0 aliphatic carbocycles. The van der Waals surface area contributed by atoms with Gasteiger partial charge in [-0.05, 0) is 20.8 Å². The number of hydrogen-bond donors (Lipinski definition) is 0. The lowest BCUT2D eigenvalue weighted by molar-refractivity contribution is -0.139. The Labute approximate surface area is 105 Å². The van der Waals surface area contributed by atoms with Crippen molar-refractivity contribution in [2.45, 2.75) is 32.7 Å². The Kier molecular flexibility index (Phi) is 4.05. The van der Waals surface area contributed by atoms with Gasteiger partial charge in [0, 0.05) is 0 Å². The third-order valence-corrected chi connectivity index (χ3v) is 2.32. The van der Waals surface area contributed by atoms with E-state index >= 15 is 0 Å². The highest BCUT2D eigenvalue weighted by Crippen LogP contribution is 2.18. The van der Waals surface area contributed by atoms with Gasteiger partial charge in [-0.1, -0.05) is 5.21 Å². The van der Waals surface area contributed by atoms with E-state index < -0.39 is 17.5 Å². The lowest BCUT2D eigenvalue weighted by atomic mass is 10.1. The van der Waals surface area contributed by atoms with Crippen LogP contribution >= 0.6 is 0 Å². The van der Waals surface area contributed by atoms with Crippen LogP contribution in [-0.4, -0.2) is 41.2 Å². The average molecular weight is 255 g/mol. The molecule has 0 saturated heterocycles. The van der Waals surface area contributed by atoms with Crippen LogP contribution in [0.4, 0.5) is 0 Å². The predicted octanol–water partition coefficient (Wildman–Crippen LogP) is 0.535. The molecule has 0 spiro atoms. The van der Waals surface area contributed by atoms with Gasteiger partial charge in [-0.25, -0.2) is 9.48 Å². The zero-order valence-corrected chi connectivity index (χ0v) is 11.2. The molecule has 7 heteroatoms. The largest absolute Gasteiger partial charge is 0.469 e. The van der Waals surface area contributed by atoms with Gasteiger partial charge in [0.15, 0.2) is 5.69 Å². The Morgan fingerprint density at radius 1 is 1.22 bits per heavy atom. The van der Waals surface area contributed by atoms with Crippen LogP contribution in [0.1, 0.15) is 37.0 Å². The van der Waals surface area contributed by atoms with Gasteiger partial charge >= 0.3 is 11.9 Å². The van der Waals surface area contributed by atoms with Crippen LogP contribution in [0.25, 0.3) is 0 Å². The summed E-state index contributed by atoms with van der Waals surface area (Å²) in [6.45, 7) is 5.68. The van der Waals surface area contributed by atoms with Crippen molar-refractivity contribution in [1.29, 1.82) is 0 Å². The highest BCUT2D eigenvalue weighted by atomic mass is 16.5. The molecule has 0 fully saturated rings. The summed E-state index contributed by atoms with van der Waals surface area (Å²) in [6, 6.07) is 0. The summed E-state index contributed by atoms with van der Waals surface area (Å²) in [5.41, 5.74) is 0.0295. The number of carbonyl (C=O) groups is 2. The second-order valence-electron chi connectivity index (χ2n) is 4.71. The maximum absolute atomic E-state index is 11.6. The molecule has 0 atom stereocenters. The highest BCUT2D eigenvalue weighted by molar-refractivity contribution is 5.89. The van der Waals surface area contributed by atoms with Crippen molar-refractivity contribution in [3.63, 3.8) is 0 Å². The quantitative estimate of drug-likeness (QED) is 0.733. The van der Waals surface area contributed by atoms with Gasteiger partial charge in [0.05, 0.1) is 31.9 Å². The SMILES string of the molecule is COC(=O)Cc1c(C(=O)OC)nnn1C(C)(C)C. The average Bonchev–Trinajstić information content (AvgIpc) is 2.71. The van der Waals surface area contributed by atoms with Crippen molar-refractivity contribution in [3.05, 3.63) is 11.4 Å². The molecule has 100 valence electrons. The van der Waals surface area contributed by atoms with Crippen molar-refractivity contribution in [2.75, 3.05) is 14.2 Å². The summed E-state index contributed by atoms with van der Waals surface area (Å²) in [7, 11) is 2.53. The summed E-state index contributed by atoms with van der Waals surface area (Å²) in [6.07, 6.45) is -0.0782. The van der Waals surface area contributed by atoms with E-state index in [4.69, 9.17) is 0 Å². The molecular weight excluding hydrogens is 238 g/mol. The molecule has 1 heterocycles. The maximum Gasteiger partial charge on any atom is 0.360 e. The predicted molar refractivity (Wildman–Crippen MR) is 62.1 cm³/mol. The molecule has 0 bridgehead atoms. The van der Waals surface area contributed by atoms with Crippen molar-refractivity contribution < 1.29 is 19.1 Å². The molecule has 0 aromatic carbocycles. The molecule has 0 N–H and O–H groups in total. The lowest BCUT2D eigenvalue weighted by Crippen LogP contribution is -2.27. The lowest BCUT2D eigenvalue weighted by Gasteiger charge is -2.21. The Bertz CT molecular complexity index is 459. The van der Waals surface area contributed by atoms with Crippen LogP contribution in [0.5, 0.6) is 0 Å². The molecular formula is C11H17N3O4. The van der Waals surface area contributed by atoms with Crippen LogP contribution in [0, 0.1) is 0 Å². The van der Waals surface area contributed by atoms with Crippen LogP contribution < -0.4 is 0 Å². The van der Waals surface area contributed by atoms with E-state index in [0.717, 1.165) is 0 Å². The minimum atomic E-state index is -0.621. The van der Waals surface area contributed by atoms with Gasteiger partial charge in [-0.15, -0.1) is 5.10 Å². The monoisotopic (exact) mass is 255 g/mol. The number of aromatic nitrogens is 3. The molecule has 1 aromatic rings. The van der Waals surface area contributed by atoms with E-state index in [-0.39, 0.29) is 12.1 Å². The summed E-state index contributed by atoms with van der Waals surface area (Å²) in [5.74, 6) is -1.09. The van der Waals surface area contributed by atoms with Crippen molar-refractivity contribution in [1.82, 2.24) is 15.0 Å². The molecule has 0 radical (unpaired) electrons. The van der Waals surface area contributed by atoms with Crippen molar-refractivity contribution in [3.8, 4) is 0 Å². The van der Waals surface area contributed by atoms with E-state index in [2.05, 4.69) is 19.8 Å². The first-order chi connectivity index (χ1) is 8.31.